The Balaban J connectivity index is 2.16. The fourth-order valence-corrected chi connectivity index (χ4v) is 2.26. The van der Waals surface area contributed by atoms with E-state index in [-0.39, 0.29) is 0 Å². The van der Waals surface area contributed by atoms with Gasteiger partial charge in [-0.2, -0.15) is 0 Å². The highest BCUT2D eigenvalue weighted by atomic mass is 79.9. The van der Waals surface area contributed by atoms with Gasteiger partial charge in [0.25, 0.3) is 0 Å². The minimum Gasteiger partial charge on any atom is -0.306 e. The van der Waals surface area contributed by atoms with Crippen LogP contribution in [0.4, 0.5) is 0 Å². The molecule has 2 aromatic heterocycles. The number of nitrogens with zero attached hydrogens (tertiary/aromatic N) is 2. The number of halogens is 1. The second kappa shape index (κ2) is 4.38. The zero-order valence-electron chi connectivity index (χ0n) is 9.38. The van der Waals surface area contributed by atoms with E-state index in [4.69, 9.17) is 0 Å². The number of carbonyl (C=O) groups is 1. The Morgan fingerprint density at radius 3 is 2.83 bits per heavy atom. The maximum absolute atomic E-state index is 10.7. The quantitative estimate of drug-likeness (QED) is 0.678. The molecule has 0 aliphatic heterocycles. The molecule has 0 atom stereocenters. The summed E-state index contributed by atoms with van der Waals surface area (Å²) >= 11 is 3.45. The van der Waals surface area contributed by atoms with Crippen LogP contribution in [0.1, 0.15) is 10.4 Å². The van der Waals surface area contributed by atoms with Gasteiger partial charge in [0.2, 0.25) is 0 Å². The first kappa shape index (κ1) is 11.2. The van der Waals surface area contributed by atoms with Crippen LogP contribution >= 0.6 is 15.9 Å². The number of aldehydes is 1. The fourth-order valence-electron chi connectivity index (χ4n) is 1.87. The summed E-state index contributed by atoms with van der Waals surface area (Å²) in [7, 11) is 0. The summed E-state index contributed by atoms with van der Waals surface area (Å²) in [6, 6.07) is 11.6. The third-order valence-corrected chi connectivity index (χ3v) is 3.22. The average molecular weight is 301 g/mol. The highest BCUT2D eigenvalue weighted by molar-refractivity contribution is 9.10. The normalized spacial score (nSPS) is 10.7. The average Bonchev–Trinajstić information content (AvgIpc) is 2.81. The largest absolute Gasteiger partial charge is 0.306 e. The van der Waals surface area contributed by atoms with Crippen LogP contribution < -0.4 is 0 Å². The van der Waals surface area contributed by atoms with E-state index in [2.05, 4.69) is 20.9 Å². The minimum absolute atomic E-state index is 0.640. The molecule has 0 saturated heterocycles. The Morgan fingerprint density at radius 2 is 2.06 bits per heavy atom. The third kappa shape index (κ3) is 1.95. The molecule has 3 aromatic rings. The van der Waals surface area contributed by atoms with E-state index < -0.39 is 0 Å². The zero-order chi connectivity index (χ0) is 12.5. The van der Waals surface area contributed by atoms with Gasteiger partial charge in [-0.05, 0) is 24.3 Å². The molecule has 3 nitrogen and oxygen atoms in total. The van der Waals surface area contributed by atoms with E-state index in [1.165, 1.54) is 0 Å². The summed E-state index contributed by atoms with van der Waals surface area (Å²) in [4.78, 5) is 15.3. The maximum atomic E-state index is 10.7. The number of aromatic nitrogens is 2. The predicted molar refractivity (Wildman–Crippen MR) is 73.7 cm³/mol. The number of pyridine rings is 1. The molecule has 3 rings (SSSR count). The molecule has 0 aliphatic carbocycles. The molecular formula is C14H9BrN2O. The van der Waals surface area contributed by atoms with Gasteiger partial charge in [0.15, 0.2) is 6.29 Å². The molecule has 0 radical (unpaired) electrons. The van der Waals surface area contributed by atoms with Gasteiger partial charge in [-0.1, -0.05) is 28.1 Å². The Bertz CT molecular complexity index is 733. The van der Waals surface area contributed by atoms with Crippen molar-refractivity contribution in [1.29, 1.82) is 0 Å². The third-order valence-electron chi connectivity index (χ3n) is 2.73. The van der Waals surface area contributed by atoms with Crippen molar-refractivity contribution in [2.24, 2.45) is 0 Å². The first-order chi connectivity index (χ1) is 8.76. The Hall–Kier alpha value is -1.94. The second-order valence-electron chi connectivity index (χ2n) is 3.98. The Kier molecular flexibility index (Phi) is 2.72. The lowest BCUT2D eigenvalue weighted by atomic mass is 10.2. The fraction of sp³-hybridized carbons (Fsp3) is 0. The number of carbonyl (C=O) groups excluding carboxylic acids is 1. The van der Waals surface area contributed by atoms with Gasteiger partial charge in [0.1, 0.15) is 5.65 Å². The number of benzene rings is 1. The Labute approximate surface area is 112 Å². The van der Waals surface area contributed by atoms with Crippen molar-refractivity contribution >= 4 is 27.9 Å². The topological polar surface area (TPSA) is 34.4 Å². The number of hydrogen-bond donors (Lipinski definition) is 0. The summed E-state index contributed by atoms with van der Waals surface area (Å²) in [5.41, 5.74) is 3.40. The molecule has 0 bridgehead atoms. The summed E-state index contributed by atoms with van der Waals surface area (Å²) in [5.74, 6) is 0. The maximum Gasteiger partial charge on any atom is 0.151 e. The number of rotatable bonds is 2. The molecule has 0 unspecified atom stereocenters. The van der Waals surface area contributed by atoms with Crippen LogP contribution in [0.25, 0.3) is 16.9 Å². The van der Waals surface area contributed by atoms with Gasteiger partial charge in [0.05, 0.1) is 5.69 Å². The standard InChI is InChI=1S/C14H9BrN2O/c15-12-3-1-2-11(6-12)13-8-17-7-10(9-18)4-5-14(17)16-13/h1-9H. The van der Waals surface area contributed by atoms with Crippen molar-refractivity contribution in [3.63, 3.8) is 0 Å². The molecule has 18 heavy (non-hydrogen) atoms. The van der Waals surface area contributed by atoms with Crippen LogP contribution in [0, 0.1) is 0 Å². The van der Waals surface area contributed by atoms with Crippen LogP contribution in [-0.4, -0.2) is 15.7 Å². The number of fused-ring (bicyclic) bond motifs is 1. The molecular weight excluding hydrogens is 292 g/mol. The molecule has 0 saturated carbocycles. The van der Waals surface area contributed by atoms with E-state index in [9.17, 15) is 4.79 Å². The van der Waals surface area contributed by atoms with Crippen molar-refractivity contribution < 1.29 is 4.79 Å². The molecule has 1 aromatic carbocycles. The molecule has 0 fully saturated rings. The van der Waals surface area contributed by atoms with Gasteiger partial charge >= 0.3 is 0 Å². The summed E-state index contributed by atoms with van der Waals surface area (Å²) in [5, 5.41) is 0. The summed E-state index contributed by atoms with van der Waals surface area (Å²) < 4.78 is 2.88. The summed E-state index contributed by atoms with van der Waals surface area (Å²) in [6.07, 6.45) is 4.53. The van der Waals surface area contributed by atoms with Crippen molar-refractivity contribution in [2.75, 3.05) is 0 Å². The summed E-state index contributed by atoms with van der Waals surface area (Å²) in [6.45, 7) is 0. The van der Waals surface area contributed by atoms with Crippen molar-refractivity contribution in [1.82, 2.24) is 9.38 Å². The van der Waals surface area contributed by atoms with Gasteiger partial charge in [-0.15, -0.1) is 0 Å². The Morgan fingerprint density at radius 1 is 1.17 bits per heavy atom. The highest BCUT2D eigenvalue weighted by Gasteiger charge is 2.05. The molecule has 0 aliphatic rings. The van der Waals surface area contributed by atoms with E-state index in [0.717, 1.165) is 27.7 Å². The van der Waals surface area contributed by atoms with E-state index in [1.807, 2.05) is 40.9 Å². The molecule has 0 amide bonds. The van der Waals surface area contributed by atoms with Crippen molar-refractivity contribution in [2.45, 2.75) is 0 Å². The van der Waals surface area contributed by atoms with Crippen LogP contribution in [0.2, 0.25) is 0 Å². The lowest BCUT2D eigenvalue weighted by Gasteiger charge is -1.95. The van der Waals surface area contributed by atoms with E-state index in [1.54, 1.807) is 12.3 Å². The predicted octanol–water partition coefficient (Wildman–Crippen LogP) is 3.58. The lowest BCUT2D eigenvalue weighted by molar-refractivity contribution is 0.112. The number of hydrogen-bond acceptors (Lipinski definition) is 2. The van der Waals surface area contributed by atoms with Crippen LogP contribution in [0.15, 0.2) is 53.3 Å². The van der Waals surface area contributed by atoms with E-state index in [0.29, 0.717) is 5.56 Å². The SMILES string of the molecule is O=Cc1ccc2nc(-c3cccc(Br)c3)cn2c1. The highest BCUT2D eigenvalue weighted by Crippen LogP contribution is 2.22. The van der Waals surface area contributed by atoms with Gasteiger partial charge in [0, 0.05) is 28.0 Å². The smallest absolute Gasteiger partial charge is 0.151 e. The van der Waals surface area contributed by atoms with Gasteiger partial charge in [-0.3, -0.25) is 4.79 Å². The minimum atomic E-state index is 0.640. The molecule has 0 spiro atoms. The van der Waals surface area contributed by atoms with Crippen LogP contribution in [0.3, 0.4) is 0 Å². The first-order valence-corrected chi connectivity index (χ1v) is 6.25. The van der Waals surface area contributed by atoms with Crippen molar-refractivity contribution in [3.8, 4) is 11.3 Å². The van der Waals surface area contributed by atoms with Crippen LogP contribution in [0.5, 0.6) is 0 Å². The number of imidazole rings is 1. The van der Waals surface area contributed by atoms with Gasteiger partial charge < -0.3 is 4.40 Å². The van der Waals surface area contributed by atoms with Gasteiger partial charge in [-0.25, -0.2) is 4.98 Å². The molecule has 88 valence electrons. The lowest BCUT2D eigenvalue weighted by Crippen LogP contribution is -1.86. The molecule has 4 heteroatoms. The second-order valence-corrected chi connectivity index (χ2v) is 4.90. The van der Waals surface area contributed by atoms with Crippen molar-refractivity contribution in [3.05, 3.63) is 58.8 Å². The molecule has 0 N–H and O–H groups in total. The first-order valence-electron chi connectivity index (χ1n) is 5.46. The van der Waals surface area contributed by atoms with Crippen LogP contribution in [-0.2, 0) is 0 Å². The zero-order valence-corrected chi connectivity index (χ0v) is 11.0. The monoisotopic (exact) mass is 300 g/mol. The van der Waals surface area contributed by atoms with E-state index >= 15 is 0 Å². The molecule has 2 heterocycles.